The summed E-state index contributed by atoms with van der Waals surface area (Å²) in [5.41, 5.74) is -1.05. The molecule has 52 heavy (non-hydrogen) atoms. The van der Waals surface area contributed by atoms with Crippen LogP contribution in [-0.4, -0.2) is 92.2 Å². The summed E-state index contributed by atoms with van der Waals surface area (Å²) in [7, 11) is 2.71. The van der Waals surface area contributed by atoms with Crippen molar-refractivity contribution in [2.45, 2.75) is 65.0 Å². The van der Waals surface area contributed by atoms with Crippen LogP contribution < -0.4 is 30.5 Å². The molecule has 0 unspecified atom stereocenters. The Morgan fingerprint density at radius 3 is 2.37 bits per heavy atom. The van der Waals surface area contributed by atoms with E-state index in [-0.39, 0.29) is 61.2 Å². The molecule has 5 heterocycles. The standard InChI is InChI=1S/C35H41F2N9O6/c1-6-22-27(43-9-11-44(12-10-43)33(50)25-28(48)21(30(36)37)14-39-32(25)52-5)29(49)26-31(42-46(41-26)20-7-8-38-24(13-20)51-4)45(22)15-23(47)40-35-16-34(17-35,18-35)19(2)3/h7-8,13-14,19,30H,6,9-12,15-18H2,1-5H3,(H,39,48)(H,40,47). The predicted octanol–water partition coefficient (Wildman–Crippen LogP) is 2.84. The topological polar surface area (TPSA) is 170 Å². The summed E-state index contributed by atoms with van der Waals surface area (Å²) in [5, 5.41) is 12.5. The van der Waals surface area contributed by atoms with Crippen LogP contribution in [0.25, 0.3) is 16.9 Å². The van der Waals surface area contributed by atoms with Gasteiger partial charge in [-0.05, 0) is 43.1 Å². The summed E-state index contributed by atoms with van der Waals surface area (Å²) < 4.78 is 39.2. The highest BCUT2D eigenvalue weighted by molar-refractivity contribution is 5.96. The average molecular weight is 722 g/mol. The fourth-order valence-corrected chi connectivity index (χ4v) is 8.16. The van der Waals surface area contributed by atoms with Crippen molar-refractivity contribution in [3.05, 3.63) is 61.8 Å². The minimum Gasteiger partial charge on any atom is -0.482 e. The number of nitrogens with one attached hydrogen (secondary N) is 2. The molecule has 15 nitrogen and oxygen atoms in total. The first kappa shape index (κ1) is 35.1. The van der Waals surface area contributed by atoms with E-state index in [0.29, 0.717) is 40.7 Å². The summed E-state index contributed by atoms with van der Waals surface area (Å²) in [6.07, 6.45) is 2.50. The molecule has 4 aliphatic rings. The maximum Gasteiger partial charge on any atom is 0.269 e. The Bertz CT molecular complexity index is 2170. The molecule has 4 aromatic heterocycles. The number of pyridine rings is 3. The number of carbonyl (C=O) groups is 2. The summed E-state index contributed by atoms with van der Waals surface area (Å²) >= 11 is 0. The van der Waals surface area contributed by atoms with Crippen LogP contribution in [0.5, 0.6) is 11.8 Å². The molecule has 3 aliphatic carbocycles. The van der Waals surface area contributed by atoms with Gasteiger partial charge in [0.25, 0.3) is 12.3 Å². The monoisotopic (exact) mass is 721 g/mol. The van der Waals surface area contributed by atoms with E-state index < -0.39 is 34.3 Å². The van der Waals surface area contributed by atoms with Crippen molar-refractivity contribution in [1.29, 1.82) is 0 Å². The number of fused-ring (bicyclic) bond motifs is 1. The largest absolute Gasteiger partial charge is 0.482 e. The zero-order chi connectivity index (χ0) is 37.1. The second-order valence-electron chi connectivity index (χ2n) is 14.2. The molecule has 17 heteroatoms. The van der Waals surface area contributed by atoms with E-state index >= 15 is 0 Å². The van der Waals surface area contributed by atoms with Gasteiger partial charge in [-0.2, -0.15) is 0 Å². The van der Waals surface area contributed by atoms with Gasteiger partial charge >= 0.3 is 0 Å². The maximum atomic E-state index is 14.3. The Balaban J connectivity index is 1.22. The lowest BCUT2D eigenvalue weighted by Gasteiger charge is -2.72. The van der Waals surface area contributed by atoms with E-state index in [4.69, 9.17) is 14.6 Å². The van der Waals surface area contributed by atoms with Crippen LogP contribution in [-0.2, 0) is 17.8 Å². The number of hydrogen-bond acceptors (Lipinski definition) is 10. The molecule has 0 atom stereocenters. The zero-order valence-corrected chi connectivity index (χ0v) is 29.7. The molecule has 1 saturated heterocycles. The van der Waals surface area contributed by atoms with Gasteiger partial charge in [0.15, 0.2) is 11.2 Å². The minimum atomic E-state index is -3.08. The Hall–Kier alpha value is -5.35. The predicted molar refractivity (Wildman–Crippen MR) is 186 cm³/mol. The number of aromatic amines is 1. The Kier molecular flexibility index (Phi) is 8.77. The number of methoxy groups -OCH3 is 2. The van der Waals surface area contributed by atoms with Crippen molar-refractivity contribution in [2.24, 2.45) is 11.3 Å². The highest BCUT2D eigenvalue weighted by atomic mass is 19.3. The number of aromatic nitrogens is 6. The number of anilines is 1. The van der Waals surface area contributed by atoms with Crippen molar-refractivity contribution in [3.63, 3.8) is 0 Å². The number of ether oxygens (including phenoxy) is 2. The van der Waals surface area contributed by atoms with Gasteiger partial charge in [0.1, 0.15) is 17.8 Å². The SMILES string of the molecule is CCc1c(N2CCN(C(=O)c3c(OC)[nH]cc(C(F)F)c3=O)CC2)c(=O)c2nn(-c3ccnc(OC)c3)nc2n1CC(=O)NC12CC(C(C)C)(C1)C2. The third-order valence-corrected chi connectivity index (χ3v) is 11.0. The van der Waals surface area contributed by atoms with Gasteiger partial charge in [-0.1, -0.05) is 20.8 Å². The molecule has 0 aromatic carbocycles. The molecule has 1 aliphatic heterocycles. The van der Waals surface area contributed by atoms with Crippen LogP contribution in [0.4, 0.5) is 14.5 Å². The lowest BCUT2D eigenvalue weighted by atomic mass is 9.36. The minimum absolute atomic E-state index is 0.0543. The van der Waals surface area contributed by atoms with Gasteiger partial charge in [-0.25, -0.2) is 13.8 Å². The second kappa shape index (κ2) is 13.0. The van der Waals surface area contributed by atoms with Gasteiger partial charge in [0, 0.05) is 55.9 Å². The van der Waals surface area contributed by atoms with Crippen LogP contribution in [0.3, 0.4) is 0 Å². The van der Waals surface area contributed by atoms with E-state index in [2.05, 4.69) is 34.2 Å². The molecule has 2 N–H and O–H groups in total. The summed E-state index contributed by atoms with van der Waals surface area (Å²) in [6, 6.07) is 3.30. The van der Waals surface area contributed by atoms with Gasteiger partial charge < -0.3 is 34.1 Å². The van der Waals surface area contributed by atoms with Crippen molar-refractivity contribution in [3.8, 4) is 17.4 Å². The van der Waals surface area contributed by atoms with E-state index in [0.717, 1.165) is 25.5 Å². The molecule has 2 bridgehead atoms. The Morgan fingerprint density at radius 2 is 1.75 bits per heavy atom. The molecule has 4 fully saturated rings. The van der Waals surface area contributed by atoms with Gasteiger partial charge in [-0.15, -0.1) is 15.0 Å². The average Bonchev–Trinajstić information content (AvgIpc) is 3.56. The van der Waals surface area contributed by atoms with E-state index in [1.54, 1.807) is 16.7 Å². The molecule has 2 amide bonds. The third-order valence-electron chi connectivity index (χ3n) is 11.0. The molecule has 0 radical (unpaired) electrons. The Morgan fingerprint density at radius 1 is 1.04 bits per heavy atom. The molecule has 8 rings (SSSR count). The van der Waals surface area contributed by atoms with Crippen molar-refractivity contribution in [1.82, 2.24) is 39.7 Å². The second-order valence-corrected chi connectivity index (χ2v) is 14.2. The highest BCUT2D eigenvalue weighted by Crippen LogP contribution is 2.70. The fraction of sp³-hybridized carbons (Fsp3) is 0.514. The van der Waals surface area contributed by atoms with Crippen molar-refractivity contribution < 1.29 is 27.8 Å². The first-order valence-corrected chi connectivity index (χ1v) is 17.3. The third kappa shape index (κ3) is 5.66. The molecular formula is C35H41F2N9O6. The number of halogens is 2. The number of rotatable bonds is 11. The Labute approximate surface area is 296 Å². The summed E-state index contributed by atoms with van der Waals surface area (Å²) in [5.74, 6) is -0.293. The number of nitrogens with zero attached hydrogens (tertiary/aromatic N) is 7. The summed E-state index contributed by atoms with van der Waals surface area (Å²) in [6.45, 7) is 6.73. The first-order valence-electron chi connectivity index (χ1n) is 17.3. The normalized spacial score (nSPS) is 20.9. The van der Waals surface area contributed by atoms with E-state index in [9.17, 15) is 28.0 Å². The molecule has 4 aromatic rings. The zero-order valence-electron chi connectivity index (χ0n) is 29.7. The number of H-pyrrole nitrogens is 1. The molecular weight excluding hydrogens is 680 g/mol. The van der Waals surface area contributed by atoms with Gasteiger partial charge in [-0.3, -0.25) is 19.2 Å². The number of hydrogen-bond donors (Lipinski definition) is 2. The lowest BCUT2D eigenvalue weighted by Crippen LogP contribution is -2.76. The van der Waals surface area contributed by atoms with Crippen LogP contribution in [0, 0.1) is 11.3 Å². The number of piperazine rings is 1. The number of alkyl halides is 2. The van der Waals surface area contributed by atoms with Crippen molar-refractivity contribution in [2.75, 3.05) is 45.3 Å². The fourth-order valence-electron chi connectivity index (χ4n) is 8.16. The highest BCUT2D eigenvalue weighted by Gasteiger charge is 2.69. The van der Waals surface area contributed by atoms with E-state index in [1.807, 2.05) is 11.8 Å². The van der Waals surface area contributed by atoms with Gasteiger partial charge in [0.05, 0.1) is 25.5 Å². The van der Waals surface area contributed by atoms with Crippen molar-refractivity contribution >= 4 is 28.7 Å². The lowest BCUT2D eigenvalue weighted by molar-refractivity contribution is -0.187. The van der Waals surface area contributed by atoms with E-state index in [1.165, 1.54) is 30.1 Å². The first-order chi connectivity index (χ1) is 24.8. The number of amides is 2. The van der Waals surface area contributed by atoms with Crippen LogP contribution in [0.2, 0.25) is 0 Å². The molecule has 276 valence electrons. The van der Waals surface area contributed by atoms with Gasteiger partial charge in [0.2, 0.25) is 28.5 Å². The molecule has 3 saturated carbocycles. The molecule has 0 spiro atoms. The van der Waals surface area contributed by atoms with Crippen LogP contribution in [0.1, 0.15) is 68.1 Å². The van der Waals surface area contributed by atoms with Crippen LogP contribution >= 0.6 is 0 Å². The van der Waals surface area contributed by atoms with Crippen LogP contribution in [0.15, 0.2) is 34.1 Å². The summed E-state index contributed by atoms with van der Waals surface area (Å²) in [4.78, 5) is 65.7. The number of carbonyl (C=O) groups excluding carboxylic acids is 2. The quantitative estimate of drug-likeness (QED) is 0.235. The maximum absolute atomic E-state index is 14.3. The smallest absolute Gasteiger partial charge is 0.269 e.